The molecule has 1 amide bonds. The molecule has 0 spiro atoms. The van der Waals surface area contributed by atoms with Crippen LogP contribution in [0, 0.1) is 5.82 Å². The van der Waals surface area contributed by atoms with Gasteiger partial charge in [0.25, 0.3) is 5.91 Å². The van der Waals surface area contributed by atoms with E-state index in [1.165, 1.54) is 43.7 Å². The zero-order valence-corrected chi connectivity index (χ0v) is 16.5. The van der Waals surface area contributed by atoms with Crippen LogP contribution in [0.1, 0.15) is 27.6 Å². The Bertz CT molecular complexity index is 1100. The smallest absolute Gasteiger partial charge is 0.343 e. The second kappa shape index (κ2) is 10.1. The molecule has 3 aromatic carbocycles. The number of hydrogen-bond acceptors (Lipinski definition) is 6. The van der Waals surface area contributed by atoms with Crippen LogP contribution in [0.4, 0.5) is 4.39 Å². The number of carbonyl (C=O) groups is 2. The van der Waals surface area contributed by atoms with Crippen molar-refractivity contribution in [2.45, 2.75) is 6.10 Å². The summed E-state index contributed by atoms with van der Waals surface area (Å²) >= 11 is 0. The number of aliphatic hydroxyl groups excluding tert-OH is 1. The Hall–Kier alpha value is -4.04. The molecule has 3 rings (SSSR count). The molecule has 31 heavy (non-hydrogen) atoms. The van der Waals surface area contributed by atoms with Crippen LogP contribution in [0.25, 0.3) is 0 Å². The maximum Gasteiger partial charge on any atom is 0.343 e. The van der Waals surface area contributed by atoms with Gasteiger partial charge in [-0.3, -0.25) is 4.79 Å². The zero-order chi connectivity index (χ0) is 22.2. The van der Waals surface area contributed by atoms with Crippen molar-refractivity contribution >= 4 is 18.1 Å². The minimum Gasteiger partial charge on any atom is -0.493 e. The van der Waals surface area contributed by atoms with Gasteiger partial charge in [0.2, 0.25) is 0 Å². The normalized spacial score (nSPS) is 11.7. The molecule has 0 radical (unpaired) electrons. The van der Waals surface area contributed by atoms with Gasteiger partial charge in [-0.1, -0.05) is 36.4 Å². The minimum atomic E-state index is -1.35. The highest BCUT2D eigenvalue weighted by molar-refractivity contribution is 5.91. The summed E-state index contributed by atoms with van der Waals surface area (Å²) < 4.78 is 23.8. The molecule has 0 fully saturated rings. The number of methoxy groups -OCH3 is 1. The Morgan fingerprint density at radius 1 is 1.03 bits per heavy atom. The Kier molecular flexibility index (Phi) is 7.08. The van der Waals surface area contributed by atoms with Crippen LogP contribution in [-0.4, -0.2) is 30.3 Å². The Labute approximate surface area is 177 Å². The van der Waals surface area contributed by atoms with Crippen LogP contribution < -0.4 is 14.9 Å². The van der Waals surface area contributed by atoms with E-state index >= 15 is 0 Å². The first-order chi connectivity index (χ1) is 15.0. The molecular formula is C23H19FN2O5. The molecule has 0 bridgehead atoms. The van der Waals surface area contributed by atoms with Crippen LogP contribution in [-0.2, 0) is 4.79 Å². The lowest BCUT2D eigenvalue weighted by molar-refractivity contribution is -0.129. The number of hydrazone groups is 1. The molecule has 0 aliphatic heterocycles. The lowest BCUT2D eigenvalue weighted by Crippen LogP contribution is -2.25. The number of ether oxygens (including phenoxy) is 2. The van der Waals surface area contributed by atoms with Gasteiger partial charge < -0.3 is 14.6 Å². The molecule has 0 heterocycles. The third-order valence-electron chi connectivity index (χ3n) is 4.20. The van der Waals surface area contributed by atoms with E-state index in [4.69, 9.17) is 9.47 Å². The van der Waals surface area contributed by atoms with Crippen LogP contribution in [0.2, 0.25) is 0 Å². The molecule has 0 saturated heterocycles. The SMILES string of the molecule is COc1cc(C=NNC(=O)C(O)c2ccccc2)ccc1OC(=O)c1cccc(F)c1. The van der Waals surface area contributed by atoms with Crippen molar-refractivity contribution in [2.75, 3.05) is 7.11 Å². The molecule has 1 unspecified atom stereocenters. The minimum absolute atomic E-state index is 0.0624. The topological polar surface area (TPSA) is 97.2 Å². The van der Waals surface area contributed by atoms with Gasteiger partial charge in [-0.25, -0.2) is 14.6 Å². The van der Waals surface area contributed by atoms with Crippen LogP contribution in [0.15, 0.2) is 77.9 Å². The van der Waals surface area contributed by atoms with E-state index in [1.54, 1.807) is 36.4 Å². The average molecular weight is 422 g/mol. The standard InChI is InChI=1S/C23H19FN2O5/c1-30-20-12-15(14-25-26-22(28)21(27)16-6-3-2-4-7-16)10-11-19(20)31-23(29)17-8-5-9-18(24)13-17/h2-14,21,27H,1H3,(H,26,28). The van der Waals surface area contributed by atoms with Gasteiger partial charge in [0.05, 0.1) is 18.9 Å². The fraction of sp³-hybridized carbons (Fsp3) is 0.0870. The summed E-state index contributed by atoms with van der Waals surface area (Å²) in [4.78, 5) is 24.2. The second-order valence-corrected chi connectivity index (χ2v) is 6.36. The van der Waals surface area contributed by atoms with E-state index in [0.29, 0.717) is 11.1 Å². The first-order valence-corrected chi connectivity index (χ1v) is 9.19. The van der Waals surface area contributed by atoms with Gasteiger partial charge >= 0.3 is 5.97 Å². The summed E-state index contributed by atoms with van der Waals surface area (Å²) in [6.45, 7) is 0. The highest BCUT2D eigenvalue weighted by Crippen LogP contribution is 2.28. The van der Waals surface area contributed by atoms with Crippen molar-refractivity contribution in [1.29, 1.82) is 0 Å². The van der Waals surface area contributed by atoms with Crippen molar-refractivity contribution in [3.8, 4) is 11.5 Å². The molecule has 0 aliphatic rings. The molecule has 1 atom stereocenters. The summed E-state index contributed by atoms with van der Waals surface area (Å²) in [6.07, 6.45) is -0.00598. The summed E-state index contributed by atoms with van der Waals surface area (Å²) in [6, 6.07) is 18.2. The molecule has 2 N–H and O–H groups in total. The lowest BCUT2D eigenvalue weighted by Gasteiger charge is -2.10. The Morgan fingerprint density at radius 3 is 2.52 bits per heavy atom. The van der Waals surface area contributed by atoms with Gasteiger partial charge in [-0.2, -0.15) is 5.10 Å². The number of aliphatic hydroxyl groups is 1. The van der Waals surface area contributed by atoms with Gasteiger partial charge in [0.15, 0.2) is 17.6 Å². The number of nitrogens with one attached hydrogen (secondary N) is 1. The predicted octanol–water partition coefficient (Wildman–Crippen LogP) is 3.24. The Balaban J connectivity index is 1.65. The first kappa shape index (κ1) is 21.7. The van der Waals surface area contributed by atoms with Crippen molar-refractivity contribution in [1.82, 2.24) is 5.43 Å². The Morgan fingerprint density at radius 2 is 1.81 bits per heavy atom. The second-order valence-electron chi connectivity index (χ2n) is 6.36. The first-order valence-electron chi connectivity index (χ1n) is 9.19. The van der Waals surface area contributed by atoms with Crippen LogP contribution in [0.3, 0.4) is 0 Å². The molecule has 7 nitrogen and oxygen atoms in total. The average Bonchev–Trinajstić information content (AvgIpc) is 2.79. The summed E-state index contributed by atoms with van der Waals surface area (Å²) in [5, 5.41) is 13.8. The quantitative estimate of drug-likeness (QED) is 0.264. The van der Waals surface area contributed by atoms with E-state index in [0.717, 1.165) is 6.07 Å². The highest BCUT2D eigenvalue weighted by atomic mass is 19.1. The monoisotopic (exact) mass is 422 g/mol. The molecule has 0 aliphatic carbocycles. The maximum absolute atomic E-state index is 13.3. The molecule has 158 valence electrons. The summed E-state index contributed by atoms with van der Waals surface area (Å²) in [5.74, 6) is -1.59. The number of hydrogen-bond donors (Lipinski definition) is 2. The predicted molar refractivity (Wildman–Crippen MR) is 111 cm³/mol. The van der Waals surface area contributed by atoms with Crippen LogP contribution >= 0.6 is 0 Å². The van der Waals surface area contributed by atoms with E-state index in [9.17, 15) is 19.1 Å². The molecule has 8 heteroatoms. The number of rotatable bonds is 7. The van der Waals surface area contributed by atoms with Crippen LogP contribution in [0.5, 0.6) is 11.5 Å². The lowest BCUT2D eigenvalue weighted by atomic mass is 10.1. The number of carbonyl (C=O) groups excluding carboxylic acids is 2. The summed E-state index contributed by atoms with van der Waals surface area (Å²) in [7, 11) is 1.40. The molecular weight excluding hydrogens is 403 g/mol. The van der Waals surface area contributed by atoms with E-state index < -0.39 is 23.8 Å². The fourth-order valence-electron chi connectivity index (χ4n) is 2.64. The number of benzene rings is 3. The number of amides is 1. The zero-order valence-electron chi connectivity index (χ0n) is 16.5. The van der Waals surface area contributed by atoms with Gasteiger partial charge in [0, 0.05) is 0 Å². The number of nitrogens with zero attached hydrogens (tertiary/aromatic N) is 1. The molecule has 3 aromatic rings. The van der Waals surface area contributed by atoms with Gasteiger partial charge in [-0.15, -0.1) is 0 Å². The third-order valence-corrected chi connectivity index (χ3v) is 4.20. The van der Waals surface area contributed by atoms with E-state index in [1.807, 2.05) is 0 Å². The molecule has 0 saturated carbocycles. The van der Waals surface area contributed by atoms with E-state index in [2.05, 4.69) is 10.5 Å². The van der Waals surface area contributed by atoms with Crippen molar-refractivity contribution in [3.05, 3.63) is 95.3 Å². The van der Waals surface area contributed by atoms with Crippen molar-refractivity contribution < 1.29 is 28.6 Å². The molecule has 0 aromatic heterocycles. The highest BCUT2D eigenvalue weighted by Gasteiger charge is 2.16. The fourth-order valence-corrected chi connectivity index (χ4v) is 2.64. The number of halogens is 1. The van der Waals surface area contributed by atoms with Gasteiger partial charge in [0.1, 0.15) is 5.82 Å². The maximum atomic E-state index is 13.3. The summed E-state index contributed by atoms with van der Waals surface area (Å²) in [5.41, 5.74) is 3.31. The van der Waals surface area contributed by atoms with Gasteiger partial charge in [-0.05, 0) is 47.5 Å². The van der Waals surface area contributed by atoms with Crippen molar-refractivity contribution in [2.24, 2.45) is 5.10 Å². The third kappa shape index (κ3) is 5.74. The van der Waals surface area contributed by atoms with E-state index in [-0.39, 0.29) is 17.1 Å². The largest absolute Gasteiger partial charge is 0.493 e. The van der Waals surface area contributed by atoms with Crippen molar-refractivity contribution in [3.63, 3.8) is 0 Å². The number of esters is 1.